The van der Waals surface area contributed by atoms with Gasteiger partial charge in [0.05, 0.1) is 35.4 Å². The SMILES string of the molecule is COCCn1c(=O)n(C2CCN(C(=O)Nc3ccc(C)cc3Cl)C2)c2ncccc21. The van der Waals surface area contributed by atoms with E-state index in [1.807, 2.05) is 31.2 Å². The maximum absolute atomic E-state index is 13.1. The molecule has 4 rings (SSSR count). The number of nitrogens with zero attached hydrogens (tertiary/aromatic N) is 4. The van der Waals surface area contributed by atoms with E-state index in [0.717, 1.165) is 11.1 Å². The summed E-state index contributed by atoms with van der Waals surface area (Å²) in [6.45, 7) is 3.80. The Morgan fingerprint density at radius 1 is 1.37 bits per heavy atom. The molecule has 9 heteroatoms. The molecular weight excluding hydrogens is 406 g/mol. The summed E-state index contributed by atoms with van der Waals surface area (Å²) in [4.78, 5) is 32.0. The number of anilines is 1. The number of carbonyl (C=O) groups is 1. The molecule has 0 aliphatic carbocycles. The predicted octanol–water partition coefficient (Wildman–Crippen LogP) is 3.29. The summed E-state index contributed by atoms with van der Waals surface area (Å²) in [7, 11) is 1.61. The van der Waals surface area contributed by atoms with Crippen molar-refractivity contribution >= 4 is 34.5 Å². The molecule has 0 saturated carbocycles. The summed E-state index contributed by atoms with van der Waals surface area (Å²) in [5, 5.41) is 3.37. The van der Waals surface area contributed by atoms with Crippen LogP contribution in [0.5, 0.6) is 0 Å². The van der Waals surface area contributed by atoms with Crippen LogP contribution >= 0.6 is 11.6 Å². The Balaban J connectivity index is 1.56. The summed E-state index contributed by atoms with van der Waals surface area (Å²) in [5.41, 5.74) is 2.87. The third kappa shape index (κ3) is 3.80. The van der Waals surface area contributed by atoms with Gasteiger partial charge >= 0.3 is 11.7 Å². The summed E-state index contributed by atoms with van der Waals surface area (Å²) >= 11 is 6.24. The largest absolute Gasteiger partial charge is 0.383 e. The van der Waals surface area contributed by atoms with E-state index in [4.69, 9.17) is 16.3 Å². The number of hydrogen-bond donors (Lipinski definition) is 1. The lowest BCUT2D eigenvalue weighted by Gasteiger charge is -2.18. The lowest BCUT2D eigenvalue weighted by molar-refractivity contribution is 0.187. The molecule has 2 aromatic heterocycles. The van der Waals surface area contributed by atoms with Crippen LogP contribution in [0, 0.1) is 6.92 Å². The molecule has 158 valence electrons. The van der Waals surface area contributed by atoms with Crippen molar-refractivity contribution in [2.45, 2.75) is 25.9 Å². The topological polar surface area (TPSA) is 81.4 Å². The fourth-order valence-electron chi connectivity index (χ4n) is 3.89. The smallest absolute Gasteiger partial charge is 0.330 e. The number of carbonyl (C=O) groups excluding carboxylic acids is 1. The highest BCUT2D eigenvalue weighted by Crippen LogP contribution is 2.27. The number of benzene rings is 1. The quantitative estimate of drug-likeness (QED) is 0.674. The number of pyridine rings is 1. The number of fused-ring (bicyclic) bond motifs is 1. The molecule has 3 aromatic rings. The van der Waals surface area contributed by atoms with Crippen LogP contribution in [0.3, 0.4) is 0 Å². The number of amides is 2. The van der Waals surface area contributed by atoms with E-state index < -0.39 is 0 Å². The van der Waals surface area contributed by atoms with Gasteiger partial charge in [0.1, 0.15) is 0 Å². The standard InChI is InChI=1S/C21H24ClN5O3/c1-14-5-6-17(16(22)12-14)24-20(28)25-9-7-15(13-25)27-19-18(4-3-8-23-19)26(21(27)29)10-11-30-2/h3-6,8,12,15H,7,9-11,13H2,1-2H3,(H,24,28). The van der Waals surface area contributed by atoms with Gasteiger partial charge in [0.25, 0.3) is 0 Å². The van der Waals surface area contributed by atoms with Crippen molar-refractivity contribution in [3.63, 3.8) is 0 Å². The van der Waals surface area contributed by atoms with Crippen molar-refractivity contribution < 1.29 is 9.53 Å². The zero-order chi connectivity index (χ0) is 21.3. The maximum Gasteiger partial charge on any atom is 0.330 e. The summed E-state index contributed by atoms with van der Waals surface area (Å²) in [6, 6.07) is 8.83. The van der Waals surface area contributed by atoms with Gasteiger partial charge < -0.3 is 15.0 Å². The van der Waals surface area contributed by atoms with E-state index >= 15 is 0 Å². The second-order valence-corrected chi connectivity index (χ2v) is 7.85. The first-order valence-electron chi connectivity index (χ1n) is 9.86. The van der Waals surface area contributed by atoms with Crippen LogP contribution in [0.15, 0.2) is 41.3 Å². The number of aryl methyl sites for hydroxylation is 1. The van der Waals surface area contributed by atoms with Gasteiger partial charge in [-0.05, 0) is 43.2 Å². The zero-order valence-corrected chi connectivity index (χ0v) is 17.7. The third-order valence-electron chi connectivity index (χ3n) is 5.42. The maximum atomic E-state index is 13.1. The average Bonchev–Trinajstić information content (AvgIpc) is 3.31. The van der Waals surface area contributed by atoms with Crippen LogP contribution in [-0.4, -0.2) is 51.9 Å². The Morgan fingerprint density at radius 3 is 2.97 bits per heavy atom. The van der Waals surface area contributed by atoms with Crippen LogP contribution in [-0.2, 0) is 11.3 Å². The summed E-state index contributed by atoms with van der Waals surface area (Å²) in [6.07, 6.45) is 2.35. The normalized spacial score (nSPS) is 16.4. The lowest BCUT2D eigenvalue weighted by atomic mass is 10.2. The van der Waals surface area contributed by atoms with Gasteiger partial charge in [-0.3, -0.25) is 9.13 Å². The molecule has 1 fully saturated rings. The van der Waals surface area contributed by atoms with E-state index in [1.54, 1.807) is 33.4 Å². The van der Waals surface area contributed by atoms with Crippen molar-refractivity contribution in [1.29, 1.82) is 0 Å². The number of nitrogens with one attached hydrogen (secondary N) is 1. The number of rotatable bonds is 5. The Kier molecular flexibility index (Phi) is 5.78. The second kappa shape index (κ2) is 8.49. The molecule has 2 amide bonds. The summed E-state index contributed by atoms with van der Waals surface area (Å²) < 4.78 is 8.53. The zero-order valence-electron chi connectivity index (χ0n) is 17.0. The molecule has 0 bridgehead atoms. The second-order valence-electron chi connectivity index (χ2n) is 7.45. The fourth-order valence-corrected chi connectivity index (χ4v) is 4.17. The first-order valence-corrected chi connectivity index (χ1v) is 10.2. The molecular formula is C21H24ClN5O3. The van der Waals surface area contributed by atoms with Gasteiger partial charge in [0.15, 0.2) is 5.65 Å². The predicted molar refractivity (Wildman–Crippen MR) is 116 cm³/mol. The molecule has 1 saturated heterocycles. The number of likely N-dealkylation sites (tertiary alicyclic amines) is 1. The third-order valence-corrected chi connectivity index (χ3v) is 5.74. The Hall–Kier alpha value is -2.84. The first-order chi connectivity index (χ1) is 14.5. The molecule has 1 aliphatic heterocycles. The van der Waals surface area contributed by atoms with Crippen LogP contribution in [0.2, 0.25) is 5.02 Å². The Labute approximate surface area is 179 Å². The van der Waals surface area contributed by atoms with Crippen molar-refractivity contribution in [3.8, 4) is 0 Å². The molecule has 1 aliphatic rings. The van der Waals surface area contributed by atoms with Gasteiger partial charge in [0.2, 0.25) is 0 Å². The number of halogens is 1. The van der Waals surface area contributed by atoms with E-state index in [1.165, 1.54) is 0 Å². The number of imidazole rings is 1. The van der Waals surface area contributed by atoms with Gasteiger partial charge in [0, 0.05) is 26.4 Å². The molecule has 3 heterocycles. The number of methoxy groups -OCH3 is 1. The average molecular weight is 430 g/mol. The van der Waals surface area contributed by atoms with E-state index in [-0.39, 0.29) is 17.8 Å². The van der Waals surface area contributed by atoms with Gasteiger partial charge in [-0.2, -0.15) is 0 Å². The van der Waals surface area contributed by atoms with Crippen LogP contribution in [0.4, 0.5) is 10.5 Å². The molecule has 1 unspecified atom stereocenters. The number of aromatic nitrogens is 3. The van der Waals surface area contributed by atoms with Crippen molar-refractivity contribution in [2.75, 3.05) is 32.1 Å². The highest BCUT2D eigenvalue weighted by molar-refractivity contribution is 6.33. The Bertz CT molecular complexity index is 1140. The van der Waals surface area contributed by atoms with E-state index in [0.29, 0.717) is 49.0 Å². The lowest BCUT2D eigenvalue weighted by Crippen LogP contribution is -2.35. The number of ether oxygens (including phenoxy) is 1. The molecule has 0 spiro atoms. The van der Waals surface area contributed by atoms with E-state index in [2.05, 4.69) is 10.3 Å². The van der Waals surface area contributed by atoms with Gasteiger partial charge in [-0.15, -0.1) is 0 Å². The molecule has 1 aromatic carbocycles. The number of hydrogen-bond acceptors (Lipinski definition) is 4. The summed E-state index contributed by atoms with van der Waals surface area (Å²) in [5.74, 6) is 0. The van der Waals surface area contributed by atoms with Crippen LogP contribution < -0.4 is 11.0 Å². The first kappa shape index (κ1) is 20.4. The number of urea groups is 1. The highest BCUT2D eigenvalue weighted by atomic mass is 35.5. The van der Waals surface area contributed by atoms with Crippen LogP contribution in [0.1, 0.15) is 18.0 Å². The monoisotopic (exact) mass is 429 g/mol. The van der Waals surface area contributed by atoms with Crippen molar-refractivity contribution in [1.82, 2.24) is 19.0 Å². The minimum absolute atomic E-state index is 0.130. The fraction of sp³-hybridized carbons (Fsp3) is 0.381. The highest BCUT2D eigenvalue weighted by Gasteiger charge is 2.31. The molecule has 1 atom stereocenters. The minimum Gasteiger partial charge on any atom is -0.383 e. The van der Waals surface area contributed by atoms with Crippen molar-refractivity contribution in [2.24, 2.45) is 0 Å². The minimum atomic E-state index is -0.229. The molecule has 1 N–H and O–H groups in total. The molecule has 0 radical (unpaired) electrons. The Morgan fingerprint density at radius 2 is 2.20 bits per heavy atom. The van der Waals surface area contributed by atoms with Gasteiger partial charge in [-0.1, -0.05) is 17.7 Å². The molecule has 8 nitrogen and oxygen atoms in total. The molecule has 30 heavy (non-hydrogen) atoms. The van der Waals surface area contributed by atoms with E-state index in [9.17, 15) is 9.59 Å². The van der Waals surface area contributed by atoms with Gasteiger partial charge in [-0.25, -0.2) is 14.6 Å². The van der Waals surface area contributed by atoms with Crippen LogP contribution in [0.25, 0.3) is 11.2 Å². The van der Waals surface area contributed by atoms with Crippen molar-refractivity contribution in [3.05, 3.63) is 57.6 Å².